The number of aromatic nitrogens is 3. The van der Waals surface area contributed by atoms with E-state index >= 15 is 0 Å². The molecule has 0 aliphatic carbocycles. The lowest BCUT2D eigenvalue weighted by molar-refractivity contribution is 0.715. The van der Waals surface area contributed by atoms with E-state index in [1.807, 2.05) is 0 Å². The first-order chi connectivity index (χ1) is 8.60. The minimum absolute atomic E-state index is 0.299. The molecule has 0 aliphatic rings. The summed E-state index contributed by atoms with van der Waals surface area (Å²) in [4.78, 5) is 28.9. The zero-order chi connectivity index (χ0) is 13.1. The van der Waals surface area contributed by atoms with Gasteiger partial charge in [-0.25, -0.2) is 15.6 Å². The average molecular weight is 312 g/mol. The molecule has 0 amide bonds. The fraction of sp³-hybridized carbons (Fsp3) is 0.100. The third kappa shape index (κ3) is 2.66. The smallest absolute Gasteiger partial charge is 0.308 e. The molecule has 0 bridgehead atoms. The average Bonchev–Trinajstić information content (AvgIpc) is 2.36. The third-order valence-corrected chi connectivity index (χ3v) is 2.86. The summed E-state index contributed by atoms with van der Waals surface area (Å²) in [5.41, 5.74) is 2.34. The molecule has 0 spiro atoms. The zero-order valence-electron chi connectivity index (χ0n) is 9.18. The predicted octanol–water partition coefficient (Wildman–Crippen LogP) is 0.0280. The minimum Gasteiger partial charge on any atom is -0.308 e. The molecular formula is C10H10BrN5O2. The molecule has 2 rings (SSSR count). The first-order valence-electron chi connectivity index (χ1n) is 5.01. The Morgan fingerprint density at radius 2 is 2.28 bits per heavy atom. The second-order valence-electron chi connectivity index (χ2n) is 3.56. The molecule has 2 heterocycles. The van der Waals surface area contributed by atoms with Crippen molar-refractivity contribution in [1.82, 2.24) is 14.5 Å². The Bertz CT molecular complexity index is 678. The highest BCUT2D eigenvalue weighted by atomic mass is 79.9. The summed E-state index contributed by atoms with van der Waals surface area (Å²) < 4.78 is 1.68. The van der Waals surface area contributed by atoms with Gasteiger partial charge in [-0.2, -0.15) is 0 Å². The molecule has 2 aromatic rings. The van der Waals surface area contributed by atoms with E-state index in [2.05, 4.69) is 31.3 Å². The van der Waals surface area contributed by atoms with Crippen molar-refractivity contribution in [3.8, 4) is 0 Å². The van der Waals surface area contributed by atoms with Crippen molar-refractivity contribution in [2.24, 2.45) is 5.84 Å². The first kappa shape index (κ1) is 12.5. The van der Waals surface area contributed by atoms with Gasteiger partial charge < -0.3 is 5.43 Å². The fourth-order valence-electron chi connectivity index (χ4n) is 1.45. The van der Waals surface area contributed by atoms with Gasteiger partial charge in [0, 0.05) is 12.4 Å². The molecule has 0 fully saturated rings. The van der Waals surface area contributed by atoms with Crippen LogP contribution in [0.5, 0.6) is 0 Å². The van der Waals surface area contributed by atoms with E-state index in [1.165, 1.54) is 10.8 Å². The second kappa shape index (κ2) is 5.15. The summed E-state index contributed by atoms with van der Waals surface area (Å²) in [6, 6.07) is 3.47. The van der Waals surface area contributed by atoms with Gasteiger partial charge in [-0.3, -0.25) is 14.3 Å². The van der Waals surface area contributed by atoms with Crippen LogP contribution in [0.15, 0.2) is 38.6 Å². The summed E-state index contributed by atoms with van der Waals surface area (Å²) >= 11 is 3.07. The van der Waals surface area contributed by atoms with Gasteiger partial charge in [-0.15, -0.1) is 0 Å². The summed E-state index contributed by atoms with van der Waals surface area (Å²) in [5.74, 6) is 5.75. The van der Waals surface area contributed by atoms with Crippen LogP contribution in [0, 0.1) is 0 Å². The van der Waals surface area contributed by atoms with Crippen molar-refractivity contribution < 1.29 is 0 Å². The molecule has 94 valence electrons. The van der Waals surface area contributed by atoms with E-state index in [9.17, 15) is 9.59 Å². The number of pyridine rings is 1. The predicted molar refractivity (Wildman–Crippen MR) is 70.2 cm³/mol. The normalized spacial score (nSPS) is 10.3. The van der Waals surface area contributed by atoms with Gasteiger partial charge in [-0.05, 0) is 33.6 Å². The number of nitrogens with zero attached hydrogens (tertiary/aromatic N) is 2. The van der Waals surface area contributed by atoms with Crippen LogP contribution < -0.4 is 22.5 Å². The van der Waals surface area contributed by atoms with Gasteiger partial charge in [0.05, 0.1) is 11.0 Å². The number of hydrogen-bond acceptors (Lipinski definition) is 5. The summed E-state index contributed by atoms with van der Waals surface area (Å²) in [7, 11) is 0. The number of rotatable bonds is 3. The Balaban J connectivity index is 2.36. The number of nitrogens with two attached hydrogens (primary N) is 1. The topological polar surface area (TPSA) is 106 Å². The van der Waals surface area contributed by atoms with Crippen molar-refractivity contribution >= 4 is 21.7 Å². The van der Waals surface area contributed by atoms with Gasteiger partial charge in [0.25, 0.3) is 5.56 Å². The second-order valence-corrected chi connectivity index (χ2v) is 4.41. The molecule has 7 nitrogen and oxygen atoms in total. The molecule has 8 heteroatoms. The monoisotopic (exact) mass is 311 g/mol. The van der Waals surface area contributed by atoms with Crippen molar-refractivity contribution in [1.29, 1.82) is 0 Å². The van der Waals surface area contributed by atoms with Crippen molar-refractivity contribution in [2.45, 2.75) is 6.54 Å². The Labute approximate surface area is 110 Å². The molecule has 0 radical (unpaired) electrons. The molecule has 0 saturated heterocycles. The Morgan fingerprint density at radius 3 is 3.00 bits per heavy atom. The highest BCUT2D eigenvalue weighted by molar-refractivity contribution is 9.10. The summed E-state index contributed by atoms with van der Waals surface area (Å²) in [6.07, 6.45) is 3.02. The van der Waals surface area contributed by atoms with Crippen LogP contribution in [0.2, 0.25) is 0 Å². The van der Waals surface area contributed by atoms with Crippen molar-refractivity contribution in [2.75, 3.05) is 5.43 Å². The SMILES string of the molecule is NNc1cc(Cn2cc(Br)c(=O)[nH]c2=O)ccn1. The van der Waals surface area contributed by atoms with E-state index in [4.69, 9.17) is 5.84 Å². The quantitative estimate of drug-likeness (QED) is 0.548. The molecule has 4 N–H and O–H groups in total. The van der Waals surface area contributed by atoms with Gasteiger partial charge in [0.2, 0.25) is 0 Å². The number of hydrazine groups is 1. The summed E-state index contributed by atoms with van der Waals surface area (Å²) in [6.45, 7) is 0.311. The lowest BCUT2D eigenvalue weighted by Crippen LogP contribution is -2.30. The molecule has 0 atom stereocenters. The molecule has 18 heavy (non-hydrogen) atoms. The number of hydrogen-bond donors (Lipinski definition) is 3. The molecule has 0 aromatic carbocycles. The Kier molecular flexibility index (Phi) is 3.58. The van der Waals surface area contributed by atoms with E-state index in [1.54, 1.807) is 18.3 Å². The van der Waals surface area contributed by atoms with E-state index < -0.39 is 11.2 Å². The van der Waals surface area contributed by atoms with Crippen LogP contribution in [-0.4, -0.2) is 14.5 Å². The molecule has 0 saturated carbocycles. The lowest BCUT2D eigenvalue weighted by atomic mass is 10.2. The van der Waals surface area contributed by atoms with Crippen LogP contribution in [0.25, 0.3) is 0 Å². The number of aromatic amines is 1. The van der Waals surface area contributed by atoms with E-state index in [0.717, 1.165) is 5.56 Å². The highest BCUT2D eigenvalue weighted by Crippen LogP contribution is 2.07. The molecule has 0 aliphatic heterocycles. The number of anilines is 1. The number of nitrogen functional groups attached to an aromatic ring is 1. The maximum absolute atomic E-state index is 11.6. The van der Waals surface area contributed by atoms with Crippen LogP contribution in [-0.2, 0) is 6.54 Å². The van der Waals surface area contributed by atoms with Crippen molar-refractivity contribution in [3.63, 3.8) is 0 Å². The highest BCUT2D eigenvalue weighted by Gasteiger charge is 2.03. The number of H-pyrrole nitrogens is 1. The van der Waals surface area contributed by atoms with Gasteiger partial charge in [-0.1, -0.05) is 0 Å². The Hall–Kier alpha value is -1.93. The first-order valence-corrected chi connectivity index (χ1v) is 5.80. The fourth-order valence-corrected chi connectivity index (χ4v) is 1.79. The maximum Gasteiger partial charge on any atom is 0.328 e. The molecule has 2 aromatic heterocycles. The zero-order valence-corrected chi connectivity index (χ0v) is 10.8. The van der Waals surface area contributed by atoms with Crippen molar-refractivity contribution in [3.05, 3.63) is 55.4 Å². The van der Waals surface area contributed by atoms with Gasteiger partial charge >= 0.3 is 5.69 Å². The standard InChI is InChI=1S/C10H10BrN5O2/c11-7-5-16(10(18)14-9(7)17)4-6-1-2-13-8(3-6)15-12/h1-3,5H,4,12H2,(H,13,15)(H,14,17,18). The lowest BCUT2D eigenvalue weighted by Gasteiger charge is -2.06. The number of halogens is 1. The Morgan fingerprint density at radius 1 is 1.50 bits per heavy atom. The maximum atomic E-state index is 11.6. The number of nitrogens with one attached hydrogen (secondary N) is 2. The van der Waals surface area contributed by atoms with Gasteiger partial charge in [0.1, 0.15) is 5.82 Å². The van der Waals surface area contributed by atoms with Crippen LogP contribution in [0.1, 0.15) is 5.56 Å². The molecular weight excluding hydrogens is 302 g/mol. The van der Waals surface area contributed by atoms with E-state index in [0.29, 0.717) is 16.8 Å². The van der Waals surface area contributed by atoms with E-state index in [-0.39, 0.29) is 0 Å². The van der Waals surface area contributed by atoms with Crippen LogP contribution in [0.3, 0.4) is 0 Å². The summed E-state index contributed by atoms with van der Waals surface area (Å²) in [5, 5.41) is 0. The third-order valence-electron chi connectivity index (χ3n) is 2.29. The molecule has 0 unspecified atom stereocenters. The van der Waals surface area contributed by atoms with Gasteiger partial charge in [0.15, 0.2) is 0 Å². The minimum atomic E-state index is -0.470. The largest absolute Gasteiger partial charge is 0.328 e. The van der Waals surface area contributed by atoms with Crippen LogP contribution in [0.4, 0.5) is 5.82 Å². The van der Waals surface area contributed by atoms with Crippen LogP contribution >= 0.6 is 15.9 Å².